The van der Waals surface area contributed by atoms with E-state index < -0.39 is 0 Å². The van der Waals surface area contributed by atoms with Gasteiger partial charge in [0.15, 0.2) is 6.29 Å². The summed E-state index contributed by atoms with van der Waals surface area (Å²) in [6.07, 6.45) is 2.29. The van der Waals surface area contributed by atoms with E-state index in [1.807, 2.05) is 25.7 Å². The van der Waals surface area contributed by atoms with Crippen molar-refractivity contribution in [2.45, 2.75) is 20.8 Å². The fourth-order valence-electron chi connectivity index (χ4n) is 1.75. The van der Waals surface area contributed by atoms with Gasteiger partial charge in [0, 0.05) is 24.8 Å². The molecule has 18 heavy (non-hydrogen) atoms. The number of carbonyl (C=O) groups is 2. The Hall–Kier alpha value is -1.91. The molecule has 98 valence electrons. The van der Waals surface area contributed by atoms with Crippen molar-refractivity contribution in [3.63, 3.8) is 0 Å². The van der Waals surface area contributed by atoms with Gasteiger partial charge in [-0.05, 0) is 32.4 Å². The van der Waals surface area contributed by atoms with Crippen LogP contribution in [0.2, 0.25) is 0 Å². The van der Waals surface area contributed by atoms with Crippen molar-refractivity contribution in [1.82, 2.24) is 10.3 Å². The van der Waals surface area contributed by atoms with E-state index in [1.54, 1.807) is 6.07 Å². The number of aryl methyl sites for hydroxylation is 1. The standard InChI is InChI=1S/C13H19N3O2/c1-4-14-12(18)8-16(5-2)13-10(3)6-11(9-17)7-15-13/h6-7,9H,4-5,8H2,1-3H3,(H,14,18). The highest BCUT2D eigenvalue weighted by atomic mass is 16.2. The number of likely N-dealkylation sites (N-methyl/N-ethyl adjacent to an activating group) is 2. The van der Waals surface area contributed by atoms with Crippen LogP contribution in [-0.4, -0.2) is 36.8 Å². The molecule has 0 bridgehead atoms. The summed E-state index contributed by atoms with van der Waals surface area (Å²) < 4.78 is 0. The quantitative estimate of drug-likeness (QED) is 0.769. The molecule has 1 rings (SSSR count). The molecule has 0 saturated heterocycles. The van der Waals surface area contributed by atoms with Gasteiger partial charge in [0.25, 0.3) is 0 Å². The Labute approximate surface area is 107 Å². The molecule has 0 unspecified atom stereocenters. The van der Waals surface area contributed by atoms with Crippen molar-refractivity contribution in [1.29, 1.82) is 0 Å². The molecule has 0 atom stereocenters. The van der Waals surface area contributed by atoms with Crippen LogP contribution < -0.4 is 10.2 Å². The van der Waals surface area contributed by atoms with E-state index in [9.17, 15) is 9.59 Å². The summed E-state index contributed by atoms with van der Waals surface area (Å²) in [5.41, 5.74) is 1.44. The first-order valence-electron chi connectivity index (χ1n) is 6.05. The minimum atomic E-state index is -0.0278. The van der Waals surface area contributed by atoms with Crippen molar-refractivity contribution in [3.05, 3.63) is 23.4 Å². The second kappa shape index (κ2) is 6.74. The summed E-state index contributed by atoms with van der Waals surface area (Å²) in [6.45, 7) is 7.32. The van der Waals surface area contributed by atoms with Gasteiger partial charge in [-0.1, -0.05) is 0 Å². The number of aldehydes is 1. The molecule has 5 nitrogen and oxygen atoms in total. The Morgan fingerprint density at radius 1 is 1.50 bits per heavy atom. The average Bonchev–Trinajstić information content (AvgIpc) is 2.36. The van der Waals surface area contributed by atoms with E-state index >= 15 is 0 Å². The third-order valence-electron chi connectivity index (χ3n) is 2.60. The highest BCUT2D eigenvalue weighted by Gasteiger charge is 2.13. The lowest BCUT2D eigenvalue weighted by Gasteiger charge is -2.23. The number of aromatic nitrogens is 1. The Morgan fingerprint density at radius 2 is 2.22 bits per heavy atom. The molecule has 0 fully saturated rings. The minimum absolute atomic E-state index is 0.0278. The first-order valence-corrected chi connectivity index (χ1v) is 6.05. The molecule has 1 amide bonds. The molecule has 0 aliphatic rings. The van der Waals surface area contributed by atoms with Crippen LogP contribution in [0.1, 0.15) is 29.8 Å². The lowest BCUT2D eigenvalue weighted by atomic mass is 10.2. The van der Waals surface area contributed by atoms with Gasteiger partial charge in [0.1, 0.15) is 5.82 Å². The Morgan fingerprint density at radius 3 is 2.72 bits per heavy atom. The maximum atomic E-state index is 11.6. The van der Waals surface area contributed by atoms with Crippen LogP contribution in [0.15, 0.2) is 12.3 Å². The maximum absolute atomic E-state index is 11.6. The second-order valence-electron chi connectivity index (χ2n) is 3.99. The van der Waals surface area contributed by atoms with Gasteiger partial charge in [-0.3, -0.25) is 9.59 Å². The van der Waals surface area contributed by atoms with Gasteiger partial charge in [-0.2, -0.15) is 0 Å². The summed E-state index contributed by atoms with van der Waals surface area (Å²) >= 11 is 0. The van der Waals surface area contributed by atoms with Gasteiger partial charge in [0.05, 0.1) is 6.54 Å². The number of nitrogens with one attached hydrogen (secondary N) is 1. The van der Waals surface area contributed by atoms with Gasteiger partial charge in [-0.25, -0.2) is 4.98 Å². The van der Waals surface area contributed by atoms with Crippen LogP contribution >= 0.6 is 0 Å². The molecule has 0 spiro atoms. The van der Waals surface area contributed by atoms with Crippen LogP contribution in [0, 0.1) is 6.92 Å². The highest BCUT2D eigenvalue weighted by molar-refractivity contribution is 5.81. The van der Waals surface area contributed by atoms with E-state index in [0.29, 0.717) is 18.7 Å². The van der Waals surface area contributed by atoms with Gasteiger partial charge < -0.3 is 10.2 Å². The predicted octanol–water partition coefficient (Wildman–Crippen LogP) is 1.16. The summed E-state index contributed by atoms with van der Waals surface area (Å²) in [5.74, 6) is 0.717. The Kier molecular flexibility index (Phi) is 5.30. The van der Waals surface area contributed by atoms with Crippen molar-refractivity contribution in [3.8, 4) is 0 Å². The van der Waals surface area contributed by atoms with Crippen LogP contribution in [0.3, 0.4) is 0 Å². The number of carbonyl (C=O) groups excluding carboxylic acids is 2. The van der Waals surface area contributed by atoms with E-state index in [-0.39, 0.29) is 12.5 Å². The van der Waals surface area contributed by atoms with Crippen molar-refractivity contribution >= 4 is 18.0 Å². The van der Waals surface area contributed by atoms with Crippen LogP contribution in [0.25, 0.3) is 0 Å². The van der Waals surface area contributed by atoms with Crippen molar-refractivity contribution in [2.75, 3.05) is 24.5 Å². The van der Waals surface area contributed by atoms with Crippen LogP contribution in [0.5, 0.6) is 0 Å². The first-order chi connectivity index (χ1) is 8.62. The molecule has 0 aliphatic heterocycles. The molecule has 1 heterocycles. The molecular weight excluding hydrogens is 230 g/mol. The third-order valence-corrected chi connectivity index (χ3v) is 2.60. The van der Waals surface area contributed by atoms with Crippen LogP contribution in [-0.2, 0) is 4.79 Å². The van der Waals surface area contributed by atoms with E-state index in [0.717, 1.165) is 17.7 Å². The average molecular weight is 249 g/mol. The lowest BCUT2D eigenvalue weighted by molar-refractivity contribution is -0.119. The highest BCUT2D eigenvalue weighted by Crippen LogP contribution is 2.16. The zero-order valence-electron chi connectivity index (χ0n) is 11.1. The number of amides is 1. The van der Waals surface area contributed by atoms with E-state index in [2.05, 4.69) is 10.3 Å². The van der Waals surface area contributed by atoms with E-state index in [4.69, 9.17) is 0 Å². The van der Waals surface area contributed by atoms with Crippen molar-refractivity contribution < 1.29 is 9.59 Å². The molecule has 5 heteroatoms. The maximum Gasteiger partial charge on any atom is 0.239 e. The minimum Gasteiger partial charge on any atom is -0.355 e. The summed E-state index contributed by atoms with van der Waals surface area (Å²) in [4.78, 5) is 28.4. The zero-order chi connectivity index (χ0) is 13.5. The monoisotopic (exact) mass is 249 g/mol. The second-order valence-corrected chi connectivity index (χ2v) is 3.99. The van der Waals surface area contributed by atoms with Gasteiger partial charge in [-0.15, -0.1) is 0 Å². The number of pyridine rings is 1. The summed E-state index contributed by atoms with van der Waals surface area (Å²) in [5, 5.41) is 2.76. The third kappa shape index (κ3) is 3.55. The molecule has 1 aromatic rings. The number of rotatable bonds is 6. The molecule has 0 aromatic carbocycles. The SMILES string of the molecule is CCNC(=O)CN(CC)c1ncc(C=O)cc1C. The molecule has 0 saturated carbocycles. The molecule has 1 aromatic heterocycles. The largest absolute Gasteiger partial charge is 0.355 e. The fourth-order valence-corrected chi connectivity index (χ4v) is 1.75. The molecule has 0 radical (unpaired) electrons. The van der Waals surface area contributed by atoms with Crippen molar-refractivity contribution in [2.24, 2.45) is 0 Å². The summed E-state index contributed by atoms with van der Waals surface area (Å²) in [6, 6.07) is 1.77. The number of nitrogens with zero attached hydrogens (tertiary/aromatic N) is 2. The number of hydrogen-bond acceptors (Lipinski definition) is 4. The first kappa shape index (κ1) is 14.2. The predicted molar refractivity (Wildman–Crippen MR) is 70.9 cm³/mol. The smallest absolute Gasteiger partial charge is 0.239 e. The summed E-state index contributed by atoms with van der Waals surface area (Å²) in [7, 11) is 0. The number of anilines is 1. The lowest BCUT2D eigenvalue weighted by Crippen LogP contribution is -2.37. The van der Waals surface area contributed by atoms with Crippen LogP contribution in [0.4, 0.5) is 5.82 Å². The number of hydrogen-bond donors (Lipinski definition) is 1. The van der Waals surface area contributed by atoms with Gasteiger partial charge in [0.2, 0.25) is 5.91 Å². The fraction of sp³-hybridized carbons (Fsp3) is 0.462. The molecular formula is C13H19N3O2. The van der Waals surface area contributed by atoms with E-state index in [1.165, 1.54) is 6.20 Å². The van der Waals surface area contributed by atoms with Gasteiger partial charge >= 0.3 is 0 Å². The molecule has 0 aliphatic carbocycles. The zero-order valence-corrected chi connectivity index (χ0v) is 11.1. The Balaban J connectivity index is 2.88. The topological polar surface area (TPSA) is 62.3 Å². The normalized spacial score (nSPS) is 9.94. The molecule has 1 N–H and O–H groups in total. The Bertz CT molecular complexity index is 432.